The number of ether oxygens (including phenoxy) is 1. The first kappa shape index (κ1) is 14.5. The Hall–Kier alpha value is -0.910. The lowest BCUT2D eigenvalue weighted by molar-refractivity contribution is -0.00967. The summed E-state index contributed by atoms with van der Waals surface area (Å²) in [5, 5.41) is 7.50. The number of hydrogen-bond donors (Lipinski definition) is 1. The Balaban J connectivity index is 1.84. The summed E-state index contributed by atoms with van der Waals surface area (Å²) in [7, 11) is 0. The minimum Gasteiger partial charge on any atom is -0.379 e. The maximum absolute atomic E-state index is 5.41. The molecule has 19 heavy (non-hydrogen) atoms. The molecule has 0 saturated carbocycles. The molecule has 0 amide bonds. The first-order valence-electron chi connectivity index (χ1n) is 6.96. The van der Waals surface area contributed by atoms with Gasteiger partial charge in [0.2, 0.25) is 0 Å². The van der Waals surface area contributed by atoms with Gasteiger partial charge in [-0.2, -0.15) is 0 Å². The molecule has 0 aromatic carbocycles. The van der Waals surface area contributed by atoms with Crippen molar-refractivity contribution < 1.29 is 9.26 Å². The van der Waals surface area contributed by atoms with Crippen LogP contribution >= 0.6 is 0 Å². The molecule has 0 radical (unpaired) electrons. The van der Waals surface area contributed by atoms with Crippen molar-refractivity contribution >= 4 is 0 Å². The van der Waals surface area contributed by atoms with Crippen LogP contribution in [0.1, 0.15) is 30.9 Å². The van der Waals surface area contributed by atoms with E-state index in [4.69, 9.17) is 9.26 Å². The van der Waals surface area contributed by atoms with E-state index >= 15 is 0 Å². The Bertz CT molecular complexity index is 389. The number of nitrogens with zero attached hydrogens (tertiary/aromatic N) is 2. The zero-order chi connectivity index (χ0) is 13.9. The maximum Gasteiger partial charge on any atom is 0.138 e. The number of aromatic nitrogens is 1. The van der Waals surface area contributed by atoms with Crippen LogP contribution in [0.2, 0.25) is 0 Å². The molecular formula is C14H25N3O2. The van der Waals surface area contributed by atoms with Crippen LogP contribution < -0.4 is 5.32 Å². The van der Waals surface area contributed by atoms with Crippen molar-refractivity contribution in [1.29, 1.82) is 0 Å². The van der Waals surface area contributed by atoms with E-state index in [1.165, 1.54) is 5.56 Å². The molecule has 1 saturated heterocycles. The van der Waals surface area contributed by atoms with Gasteiger partial charge in [0.1, 0.15) is 5.76 Å². The molecular weight excluding hydrogens is 242 g/mol. The van der Waals surface area contributed by atoms with E-state index in [1.807, 2.05) is 13.8 Å². The quantitative estimate of drug-likeness (QED) is 0.876. The van der Waals surface area contributed by atoms with E-state index in [0.717, 1.165) is 50.8 Å². The molecule has 0 unspecified atom stereocenters. The normalized spacial score (nSPS) is 17.9. The van der Waals surface area contributed by atoms with E-state index in [1.54, 1.807) is 0 Å². The topological polar surface area (TPSA) is 50.5 Å². The second kappa shape index (κ2) is 6.03. The molecule has 1 aromatic heterocycles. The molecule has 0 aliphatic carbocycles. The highest BCUT2D eigenvalue weighted by atomic mass is 16.5. The van der Waals surface area contributed by atoms with Crippen LogP contribution in [0.15, 0.2) is 4.52 Å². The van der Waals surface area contributed by atoms with Crippen LogP contribution in [-0.2, 0) is 11.3 Å². The molecule has 108 valence electrons. The highest BCUT2D eigenvalue weighted by Gasteiger charge is 2.27. The molecule has 1 aliphatic heterocycles. The minimum absolute atomic E-state index is 0.142. The average Bonchev–Trinajstić information content (AvgIpc) is 2.71. The summed E-state index contributed by atoms with van der Waals surface area (Å²) in [5.41, 5.74) is 2.30. The Labute approximate surface area is 115 Å². The smallest absolute Gasteiger partial charge is 0.138 e. The van der Waals surface area contributed by atoms with Crippen molar-refractivity contribution in [3.63, 3.8) is 0 Å². The zero-order valence-electron chi connectivity index (χ0n) is 12.5. The summed E-state index contributed by atoms with van der Waals surface area (Å²) in [5.74, 6) is 0.911. The van der Waals surface area contributed by atoms with Crippen LogP contribution in [-0.4, -0.2) is 48.4 Å². The van der Waals surface area contributed by atoms with Gasteiger partial charge in [0.25, 0.3) is 0 Å². The number of aryl methyl sites for hydroxylation is 2. The number of hydrogen-bond acceptors (Lipinski definition) is 5. The highest BCUT2D eigenvalue weighted by Crippen LogP contribution is 2.16. The Morgan fingerprint density at radius 2 is 1.95 bits per heavy atom. The van der Waals surface area contributed by atoms with Crippen molar-refractivity contribution in [3.05, 3.63) is 17.0 Å². The van der Waals surface area contributed by atoms with Gasteiger partial charge in [0, 0.05) is 37.3 Å². The minimum atomic E-state index is 0.142. The van der Waals surface area contributed by atoms with Gasteiger partial charge >= 0.3 is 0 Å². The summed E-state index contributed by atoms with van der Waals surface area (Å²) >= 11 is 0. The van der Waals surface area contributed by atoms with Gasteiger partial charge in [0.05, 0.1) is 18.9 Å². The second-order valence-electron chi connectivity index (χ2n) is 5.82. The monoisotopic (exact) mass is 267 g/mol. The van der Waals surface area contributed by atoms with Crippen LogP contribution in [0.25, 0.3) is 0 Å². The van der Waals surface area contributed by atoms with Crippen LogP contribution in [0.4, 0.5) is 0 Å². The van der Waals surface area contributed by atoms with E-state index in [2.05, 4.69) is 29.2 Å². The lowest BCUT2D eigenvalue weighted by atomic mass is 10.0. The lowest BCUT2D eigenvalue weighted by Crippen LogP contribution is -2.54. The molecule has 1 fully saturated rings. The van der Waals surface area contributed by atoms with E-state index in [9.17, 15) is 0 Å². The second-order valence-corrected chi connectivity index (χ2v) is 5.82. The third kappa shape index (κ3) is 3.55. The predicted molar refractivity (Wildman–Crippen MR) is 74.2 cm³/mol. The summed E-state index contributed by atoms with van der Waals surface area (Å²) < 4.78 is 10.6. The van der Waals surface area contributed by atoms with Gasteiger partial charge in [-0.3, -0.25) is 4.90 Å². The molecule has 2 heterocycles. The first-order chi connectivity index (χ1) is 9.00. The van der Waals surface area contributed by atoms with Crippen LogP contribution in [0, 0.1) is 13.8 Å². The largest absolute Gasteiger partial charge is 0.379 e. The molecule has 0 spiro atoms. The number of rotatable bonds is 5. The SMILES string of the molecule is Cc1noc(C)c1CNCC(C)(C)N1CCOCC1. The molecule has 5 heteroatoms. The molecule has 0 atom stereocenters. The van der Waals surface area contributed by atoms with Crippen LogP contribution in [0.5, 0.6) is 0 Å². The van der Waals surface area contributed by atoms with Gasteiger partial charge in [-0.25, -0.2) is 0 Å². The summed E-state index contributed by atoms with van der Waals surface area (Å²) in [4.78, 5) is 2.48. The molecule has 1 aliphatic rings. The zero-order valence-corrected chi connectivity index (χ0v) is 12.5. The van der Waals surface area contributed by atoms with Crippen molar-refractivity contribution in [2.75, 3.05) is 32.8 Å². The Morgan fingerprint density at radius 3 is 2.53 bits per heavy atom. The molecule has 0 bridgehead atoms. The molecule has 5 nitrogen and oxygen atoms in total. The lowest BCUT2D eigenvalue weighted by Gasteiger charge is -2.41. The number of morpholine rings is 1. The summed E-state index contributed by atoms with van der Waals surface area (Å²) in [6.45, 7) is 14.0. The Kier molecular flexibility index (Phi) is 4.60. The van der Waals surface area contributed by atoms with Gasteiger partial charge in [0.15, 0.2) is 0 Å². The first-order valence-corrected chi connectivity index (χ1v) is 6.96. The van der Waals surface area contributed by atoms with E-state index < -0.39 is 0 Å². The van der Waals surface area contributed by atoms with E-state index in [-0.39, 0.29) is 5.54 Å². The fourth-order valence-electron chi connectivity index (χ4n) is 2.53. The highest BCUT2D eigenvalue weighted by molar-refractivity contribution is 5.20. The summed E-state index contributed by atoms with van der Waals surface area (Å²) in [6.07, 6.45) is 0. The van der Waals surface area contributed by atoms with Crippen molar-refractivity contribution in [2.24, 2.45) is 0 Å². The summed E-state index contributed by atoms with van der Waals surface area (Å²) in [6, 6.07) is 0. The Morgan fingerprint density at radius 1 is 1.26 bits per heavy atom. The molecule has 1 aromatic rings. The van der Waals surface area contributed by atoms with Gasteiger partial charge in [-0.1, -0.05) is 5.16 Å². The van der Waals surface area contributed by atoms with Crippen molar-refractivity contribution in [1.82, 2.24) is 15.4 Å². The van der Waals surface area contributed by atoms with Gasteiger partial charge in [-0.05, 0) is 27.7 Å². The number of nitrogens with one attached hydrogen (secondary N) is 1. The van der Waals surface area contributed by atoms with Crippen molar-refractivity contribution in [2.45, 2.75) is 39.8 Å². The van der Waals surface area contributed by atoms with Gasteiger partial charge in [-0.15, -0.1) is 0 Å². The fourth-order valence-corrected chi connectivity index (χ4v) is 2.53. The van der Waals surface area contributed by atoms with Gasteiger partial charge < -0.3 is 14.6 Å². The predicted octanol–water partition coefficient (Wildman–Crippen LogP) is 1.49. The third-order valence-electron chi connectivity index (χ3n) is 3.91. The average molecular weight is 267 g/mol. The maximum atomic E-state index is 5.41. The molecule has 2 rings (SSSR count). The molecule has 1 N–H and O–H groups in total. The van der Waals surface area contributed by atoms with Crippen LogP contribution in [0.3, 0.4) is 0 Å². The van der Waals surface area contributed by atoms with E-state index in [0.29, 0.717) is 0 Å². The van der Waals surface area contributed by atoms with Crippen molar-refractivity contribution in [3.8, 4) is 0 Å². The fraction of sp³-hybridized carbons (Fsp3) is 0.786. The third-order valence-corrected chi connectivity index (χ3v) is 3.91. The standard InChI is InChI=1S/C14H25N3O2/c1-11-13(12(2)19-16-11)9-15-10-14(3,4)17-5-7-18-8-6-17/h15H,5-10H2,1-4H3.